The Bertz CT molecular complexity index is 1510. The van der Waals surface area contributed by atoms with Crippen LogP contribution in [-0.4, -0.2) is 9.97 Å². The highest BCUT2D eigenvalue weighted by Gasteiger charge is 2.19. The molecule has 5 aromatic rings. The van der Waals surface area contributed by atoms with Gasteiger partial charge in [-0.05, 0) is 79.6 Å². The average Bonchev–Trinajstić information content (AvgIpc) is 3.22. The highest BCUT2D eigenvalue weighted by molar-refractivity contribution is 6.08. The van der Waals surface area contributed by atoms with Gasteiger partial charge in [-0.2, -0.15) is 0 Å². The minimum atomic E-state index is -0.514. The van der Waals surface area contributed by atoms with Crippen LogP contribution in [0.3, 0.4) is 0 Å². The van der Waals surface area contributed by atoms with Crippen LogP contribution in [0, 0.1) is 13.8 Å². The summed E-state index contributed by atoms with van der Waals surface area (Å²) in [6.07, 6.45) is 7.14. The van der Waals surface area contributed by atoms with Crippen LogP contribution in [0.15, 0.2) is 71.3 Å². The molecule has 1 fully saturated rings. The number of furan rings is 1. The van der Waals surface area contributed by atoms with Gasteiger partial charge in [-0.15, -0.1) is 0 Å². The number of aromatic nitrogens is 2. The molecule has 3 aromatic heterocycles. The van der Waals surface area contributed by atoms with E-state index in [1.807, 2.05) is 12.3 Å². The molecule has 0 amide bonds. The Balaban J connectivity index is 1.49. The summed E-state index contributed by atoms with van der Waals surface area (Å²) in [4.78, 5) is 9.60. The predicted molar refractivity (Wildman–Crippen MR) is 135 cm³/mol. The lowest BCUT2D eigenvalue weighted by Crippen LogP contribution is -2.04. The Labute approximate surface area is 195 Å². The Morgan fingerprint density at radius 2 is 1.64 bits per heavy atom. The lowest BCUT2D eigenvalue weighted by atomic mass is 9.84. The maximum atomic E-state index is 9.05. The first kappa shape index (κ1) is 19.0. The molecular weight excluding hydrogens is 404 g/mol. The molecular formula is C30H28N2O. The molecule has 1 aliphatic carbocycles. The number of rotatable bonds is 3. The van der Waals surface area contributed by atoms with E-state index in [2.05, 4.69) is 73.4 Å². The first-order valence-electron chi connectivity index (χ1n) is 12.4. The maximum Gasteiger partial charge on any atom is 0.227 e. The first-order chi connectivity index (χ1) is 16.5. The second-order valence-electron chi connectivity index (χ2n) is 9.19. The monoisotopic (exact) mass is 433 g/mol. The summed E-state index contributed by atoms with van der Waals surface area (Å²) in [5, 5.41) is 2.05. The number of nitrogens with zero attached hydrogens (tertiary/aromatic N) is 2. The number of hydrogen-bond acceptors (Lipinski definition) is 3. The van der Waals surface area contributed by atoms with Gasteiger partial charge in [0.2, 0.25) is 5.71 Å². The van der Waals surface area contributed by atoms with Crippen molar-refractivity contribution in [2.45, 2.75) is 51.8 Å². The van der Waals surface area contributed by atoms with Crippen molar-refractivity contribution in [3.8, 4) is 22.5 Å². The smallest absolute Gasteiger partial charge is 0.227 e. The number of pyridine rings is 2. The zero-order valence-corrected chi connectivity index (χ0v) is 19.2. The first-order valence-corrected chi connectivity index (χ1v) is 11.9. The third-order valence-electron chi connectivity index (χ3n) is 7.00. The molecule has 0 spiro atoms. The van der Waals surface area contributed by atoms with Crippen LogP contribution in [0.1, 0.15) is 56.1 Å². The Morgan fingerprint density at radius 1 is 0.848 bits per heavy atom. The fraction of sp³-hybridized carbons (Fsp3) is 0.267. The third kappa shape index (κ3) is 3.52. The van der Waals surface area contributed by atoms with E-state index in [4.69, 9.17) is 10.8 Å². The summed E-state index contributed by atoms with van der Waals surface area (Å²) in [6.45, 7) is 4.24. The molecule has 3 heterocycles. The normalized spacial score (nSPS) is 16.2. The molecule has 2 aromatic carbocycles. The summed E-state index contributed by atoms with van der Waals surface area (Å²) >= 11 is 0. The van der Waals surface area contributed by atoms with Crippen molar-refractivity contribution in [3.05, 3.63) is 83.6 Å². The molecule has 164 valence electrons. The second-order valence-corrected chi connectivity index (χ2v) is 9.19. The van der Waals surface area contributed by atoms with Gasteiger partial charge in [0, 0.05) is 29.5 Å². The van der Waals surface area contributed by atoms with Crippen molar-refractivity contribution in [1.82, 2.24) is 9.97 Å². The van der Waals surface area contributed by atoms with Gasteiger partial charge < -0.3 is 4.42 Å². The fourth-order valence-electron chi connectivity index (χ4n) is 5.30. The average molecular weight is 434 g/mol. The standard InChI is InChI=1S/C30H28N2O/c1-19-8-6-9-20(2)28(19)26-15-14-24-23-12-7-13-25(29(23)33-30(24)32-26)27-18-22(16-17-31-27)21-10-4-3-5-11-21/h6-9,12-18,21H,3-5,10-11H2,1-2H3/i21D. The molecule has 0 saturated heterocycles. The van der Waals surface area contributed by atoms with Crippen molar-refractivity contribution >= 4 is 22.1 Å². The van der Waals surface area contributed by atoms with Crippen molar-refractivity contribution in [2.24, 2.45) is 0 Å². The molecule has 0 unspecified atom stereocenters. The largest absolute Gasteiger partial charge is 0.437 e. The molecule has 0 bridgehead atoms. The van der Waals surface area contributed by atoms with Crippen LogP contribution < -0.4 is 0 Å². The fourth-order valence-corrected chi connectivity index (χ4v) is 5.30. The summed E-state index contributed by atoms with van der Waals surface area (Å²) in [7, 11) is 0. The maximum absolute atomic E-state index is 9.05. The van der Waals surface area contributed by atoms with E-state index in [0.717, 1.165) is 70.1 Å². The Kier molecular flexibility index (Phi) is 4.70. The van der Waals surface area contributed by atoms with Gasteiger partial charge in [0.1, 0.15) is 5.58 Å². The zero-order valence-electron chi connectivity index (χ0n) is 20.2. The molecule has 0 aliphatic heterocycles. The topological polar surface area (TPSA) is 38.9 Å². The van der Waals surface area contributed by atoms with Gasteiger partial charge in [0.05, 0.1) is 11.4 Å². The van der Waals surface area contributed by atoms with Gasteiger partial charge in [-0.25, -0.2) is 4.98 Å². The molecule has 3 nitrogen and oxygen atoms in total. The third-order valence-corrected chi connectivity index (χ3v) is 7.00. The summed E-state index contributed by atoms with van der Waals surface area (Å²) in [5.74, 6) is -0.514. The molecule has 33 heavy (non-hydrogen) atoms. The highest BCUT2D eigenvalue weighted by Crippen LogP contribution is 2.38. The number of hydrogen-bond donors (Lipinski definition) is 0. The molecule has 6 rings (SSSR count). The predicted octanol–water partition coefficient (Wildman–Crippen LogP) is 8.37. The highest BCUT2D eigenvalue weighted by atomic mass is 16.3. The van der Waals surface area contributed by atoms with Crippen molar-refractivity contribution in [2.75, 3.05) is 0 Å². The number of benzene rings is 2. The van der Waals surface area contributed by atoms with Crippen molar-refractivity contribution in [1.29, 1.82) is 0 Å². The van der Waals surface area contributed by atoms with Crippen LogP contribution in [0.2, 0.25) is 0 Å². The SMILES string of the molecule is [2H]C1(c2ccnc(-c3cccc4c3oc3nc(-c5c(C)cccc5C)ccc34)c2)CCCCC1. The molecule has 3 heteroatoms. The molecule has 1 saturated carbocycles. The van der Waals surface area contributed by atoms with Crippen molar-refractivity contribution < 1.29 is 5.79 Å². The van der Waals surface area contributed by atoms with Crippen molar-refractivity contribution in [3.63, 3.8) is 0 Å². The Morgan fingerprint density at radius 3 is 2.45 bits per heavy atom. The van der Waals surface area contributed by atoms with E-state index in [1.165, 1.54) is 17.5 Å². The quantitative estimate of drug-likeness (QED) is 0.287. The van der Waals surface area contributed by atoms with E-state index in [0.29, 0.717) is 5.71 Å². The van der Waals surface area contributed by atoms with Gasteiger partial charge in [0.15, 0.2) is 0 Å². The van der Waals surface area contributed by atoms with E-state index in [-0.39, 0.29) is 0 Å². The van der Waals surface area contributed by atoms with Crippen LogP contribution >= 0.6 is 0 Å². The van der Waals surface area contributed by atoms with E-state index < -0.39 is 5.89 Å². The number of fused-ring (bicyclic) bond motifs is 3. The molecule has 0 N–H and O–H groups in total. The van der Waals surface area contributed by atoms with Gasteiger partial charge in [-0.3, -0.25) is 4.98 Å². The van der Waals surface area contributed by atoms with E-state index in [9.17, 15) is 0 Å². The van der Waals surface area contributed by atoms with E-state index in [1.54, 1.807) is 0 Å². The lowest BCUT2D eigenvalue weighted by Gasteiger charge is -2.22. The van der Waals surface area contributed by atoms with Crippen LogP contribution in [-0.2, 0) is 0 Å². The summed E-state index contributed by atoms with van der Waals surface area (Å²) < 4.78 is 15.4. The summed E-state index contributed by atoms with van der Waals surface area (Å²) in [6, 6.07) is 20.8. The number of para-hydroxylation sites is 1. The zero-order chi connectivity index (χ0) is 23.3. The second kappa shape index (κ2) is 8.15. The van der Waals surface area contributed by atoms with Crippen LogP contribution in [0.5, 0.6) is 0 Å². The number of aryl methyl sites for hydroxylation is 2. The Hall–Kier alpha value is -3.46. The van der Waals surface area contributed by atoms with Gasteiger partial charge >= 0.3 is 0 Å². The molecule has 1 aliphatic rings. The molecule has 0 atom stereocenters. The minimum absolute atomic E-state index is 0.514. The minimum Gasteiger partial charge on any atom is -0.437 e. The van der Waals surface area contributed by atoms with Crippen LogP contribution in [0.25, 0.3) is 44.6 Å². The van der Waals surface area contributed by atoms with Crippen LogP contribution in [0.4, 0.5) is 0 Å². The summed E-state index contributed by atoms with van der Waals surface area (Å²) in [5.41, 5.74) is 8.80. The van der Waals surface area contributed by atoms with Gasteiger partial charge in [0.25, 0.3) is 0 Å². The molecule has 0 radical (unpaired) electrons. The lowest BCUT2D eigenvalue weighted by molar-refractivity contribution is 0.443. The van der Waals surface area contributed by atoms with Gasteiger partial charge in [-0.1, -0.05) is 49.6 Å². The van der Waals surface area contributed by atoms with E-state index >= 15 is 0 Å².